The predicted molar refractivity (Wildman–Crippen MR) is 92.5 cm³/mol. The summed E-state index contributed by atoms with van der Waals surface area (Å²) in [6.45, 7) is 5.90. The van der Waals surface area contributed by atoms with Crippen LogP contribution in [-0.2, 0) is 4.79 Å². The lowest BCUT2D eigenvalue weighted by molar-refractivity contribution is -0.131. The Morgan fingerprint density at radius 2 is 1.50 bits per heavy atom. The molecule has 2 aromatic rings. The average Bonchev–Trinajstić information content (AvgIpc) is 2.44. The smallest absolute Gasteiger partial charge is 0.328 e. The van der Waals surface area contributed by atoms with Crippen molar-refractivity contribution in [3.63, 3.8) is 0 Å². The Kier molecular flexibility index (Phi) is 6.54. The summed E-state index contributed by atoms with van der Waals surface area (Å²) in [5, 5.41) is 8.65. The highest BCUT2D eigenvalue weighted by molar-refractivity contribution is 5.87. The molecule has 0 bridgehead atoms. The molecule has 0 unspecified atom stereocenters. The number of carbonyl (C=O) groups is 1. The van der Waals surface area contributed by atoms with Crippen molar-refractivity contribution in [1.82, 2.24) is 0 Å². The Labute approximate surface area is 132 Å². The minimum absolute atomic E-state index is 0. The van der Waals surface area contributed by atoms with Crippen LogP contribution in [0.3, 0.4) is 0 Å². The van der Waals surface area contributed by atoms with E-state index in [0.29, 0.717) is 0 Å². The Morgan fingerprint density at radius 3 is 2.05 bits per heavy atom. The Balaban J connectivity index is 0.000000422. The molecule has 116 valence electrons. The molecule has 0 aromatic heterocycles. The first-order valence-corrected chi connectivity index (χ1v) is 7.12. The van der Waals surface area contributed by atoms with E-state index in [1.165, 1.54) is 0 Å². The lowest BCUT2D eigenvalue weighted by Gasteiger charge is -2.06. The Morgan fingerprint density at radius 1 is 1.00 bits per heavy atom. The van der Waals surface area contributed by atoms with Gasteiger partial charge in [0.1, 0.15) is 0 Å². The fraction of sp³-hybridized carbons (Fsp3) is 0.211. The van der Waals surface area contributed by atoms with E-state index in [1.807, 2.05) is 75.4 Å². The number of hydrogen-bond acceptors (Lipinski definition) is 2. The lowest BCUT2D eigenvalue weighted by atomic mass is 9.99. The van der Waals surface area contributed by atoms with Gasteiger partial charge in [0.05, 0.1) is 0 Å². The van der Waals surface area contributed by atoms with Crippen molar-refractivity contribution in [2.75, 3.05) is 0 Å². The summed E-state index contributed by atoms with van der Waals surface area (Å²) in [4.78, 5) is 10.5. The largest absolute Gasteiger partial charge is 0.478 e. The maximum atomic E-state index is 10.5. The number of aliphatic carboxylic acids is 1. The molecule has 0 saturated heterocycles. The molecule has 3 nitrogen and oxygen atoms in total. The van der Waals surface area contributed by atoms with E-state index in [-0.39, 0.29) is 5.54 Å². The van der Waals surface area contributed by atoms with Crippen LogP contribution in [0.4, 0.5) is 0 Å². The highest BCUT2D eigenvalue weighted by atomic mass is 16.4. The lowest BCUT2D eigenvalue weighted by Crippen LogP contribution is -2.26. The van der Waals surface area contributed by atoms with Crippen molar-refractivity contribution < 1.29 is 9.90 Å². The van der Waals surface area contributed by atoms with Crippen molar-refractivity contribution in [2.45, 2.75) is 26.3 Å². The van der Waals surface area contributed by atoms with E-state index < -0.39 is 5.97 Å². The first kappa shape index (κ1) is 17.7. The Hall–Kier alpha value is -2.39. The number of rotatable bonds is 3. The third-order valence-electron chi connectivity index (χ3n) is 2.45. The second-order valence-corrected chi connectivity index (χ2v) is 5.99. The molecule has 0 aliphatic carbocycles. The number of carboxylic acid groups (broad SMARTS) is 1. The van der Waals surface area contributed by atoms with Crippen LogP contribution in [0.2, 0.25) is 0 Å². The zero-order chi connectivity index (χ0) is 16.6. The number of benzene rings is 2. The van der Waals surface area contributed by atoms with Crippen molar-refractivity contribution in [2.24, 2.45) is 5.73 Å². The van der Waals surface area contributed by atoms with Crippen LogP contribution >= 0.6 is 0 Å². The van der Waals surface area contributed by atoms with Gasteiger partial charge in [0.15, 0.2) is 0 Å². The van der Waals surface area contributed by atoms with Crippen molar-refractivity contribution in [1.29, 1.82) is 0 Å². The number of hydrogen-bond donors (Lipinski definition) is 2. The summed E-state index contributed by atoms with van der Waals surface area (Å²) in [5.74, 6) is -0.937. The van der Waals surface area contributed by atoms with Crippen LogP contribution in [0, 0.1) is 0 Å². The summed E-state index contributed by atoms with van der Waals surface area (Å²) in [5.41, 5.74) is 8.37. The quantitative estimate of drug-likeness (QED) is 0.835. The third-order valence-corrected chi connectivity index (χ3v) is 2.45. The Bertz CT molecular complexity index is 619. The molecule has 0 saturated carbocycles. The molecule has 0 spiro atoms. The summed E-state index contributed by atoms with van der Waals surface area (Å²) in [6.07, 6.45) is 2.77. The van der Waals surface area contributed by atoms with Gasteiger partial charge in [-0.1, -0.05) is 54.6 Å². The summed E-state index contributed by atoms with van der Waals surface area (Å²) in [6, 6.07) is 17.6. The molecule has 0 amide bonds. The van der Waals surface area contributed by atoms with Crippen molar-refractivity contribution in [3.05, 3.63) is 66.2 Å². The van der Waals surface area contributed by atoms with E-state index >= 15 is 0 Å². The van der Waals surface area contributed by atoms with Crippen molar-refractivity contribution >= 4 is 12.0 Å². The molecule has 2 aromatic carbocycles. The molecule has 0 aliphatic heterocycles. The van der Waals surface area contributed by atoms with Gasteiger partial charge in [-0.05, 0) is 43.5 Å². The standard InChI is InChI=1S/C15H12O2.C4H11N/c16-15(17)11-10-13-8-4-5-9-14(13)12-6-2-1-3-7-12;1-4(2,3)5/h1-11H,(H,16,17);5H2,1-3H3. The first-order chi connectivity index (χ1) is 10.3. The zero-order valence-corrected chi connectivity index (χ0v) is 13.3. The molecule has 3 heteroatoms. The predicted octanol–water partition coefficient (Wildman–Crippen LogP) is 4.20. The van der Waals surface area contributed by atoms with Gasteiger partial charge >= 0.3 is 5.97 Å². The normalized spacial score (nSPS) is 10.9. The van der Waals surface area contributed by atoms with Crippen LogP contribution in [0.1, 0.15) is 26.3 Å². The van der Waals surface area contributed by atoms with Gasteiger partial charge in [-0.2, -0.15) is 0 Å². The molecule has 0 fully saturated rings. The second kappa shape index (κ2) is 8.15. The van der Waals surface area contributed by atoms with Crippen LogP contribution in [-0.4, -0.2) is 16.6 Å². The van der Waals surface area contributed by atoms with Gasteiger partial charge in [0.25, 0.3) is 0 Å². The van der Waals surface area contributed by atoms with Crippen LogP contribution < -0.4 is 5.73 Å². The van der Waals surface area contributed by atoms with E-state index in [1.54, 1.807) is 6.08 Å². The highest BCUT2D eigenvalue weighted by Crippen LogP contribution is 2.24. The van der Waals surface area contributed by atoms with E-state index in [4.69, 9.17) is 10.8 Å². The summed E-state index contributed by atoms with van der Waals surface area (Å²) in [7, 11) is 0. The summed E-state index contributed by atoms with van der Waals surface area (Å²) < 4.78 is 0. The zero-order valence-electron chi connectivity index (χ0n) is 13.3. The SMILES string of the molecule is CC(C)(C)N.O=C(O)C=Cc1ccccc1-c1ccccc1. The van der Waals surface area contributed by atoms with Crippen LogP contribution in [0.15, 0.2) is 60.7 Å². The molecule has 0 radical (unpaired) electrons. The first-order valence-electron chi connectivity index (χ1n) is 7.12. The minimum atomic E-state index is -0.937. The molecular formula is C19H23NO2. The van der Waals surface area contributed by atoms with Gasteiger partial charge in [-0.15, -0.1) is 0 Å². The molecule has 3 N–H and O–H groups in total. The third kappa shape index (κ3) is 7.41. The van der Waals surface area contributed by atoms with Crippen LogP contribution in [0.5, 0.6) is 0 Å². The average molecular weight is 297 g/mol. The van der Waals surface area contributed by atoms with Crippen molar-refractivity contribution in [3.8, 4) is 11.1 Å². The van der Waals surface area contributed by atoms with E-state index in [2.05, 4.69) is 0 Å². The minimum Gasteiger partial charge on any atom is -0.478 e. The van der Waals surface area contributed by atoms with E-state index in [0.717, 1.165) is 22.8 Å². The molecule has 22 heavy (non-hydrogen) atoms. The number of carboxylic acids is 1. The molecule has 0 atom stereocenters. The van der Waals surface area contributed by atoms with Gasteiger partial charge in [-0.25, -0.2) is 4.79 Å². The maximum Gasteiger partial charge on any atom is 0.328 e. The maximum absolute atomic E-state index is 10.5. The fourth-order valence-electron chi connectivity index (χ4n) is 1.68. The second-order valence-electron chi connectivity index (χ2n) is 5.99. The van der Waals surface area contributed by atoms with Gasteiger partial charge in [0, 0.05) is 11.6 Å². The van der Waals surface area contributed by atoms with Gasteiger partial charge in [-0.3, -0.25) is 0 Å². The molecule has 0 heterocycles. The topological polar surface area (TPSA) is 63.3 Å². The van der Waals surface area contributed by atoms with Gasteiger partial charge in [0.2, 0.25) is 0 Å². The number of nitrogens with two attached hydrogens (primary N) is 1. The molecule has 2 rings (SSSR count). The monoisotopic (exact) mass is 297 g/mol. The van der Waals surface area contributed by atoms with Crippen LogP contribution in [0.25, 0.3) is 17.2 Å². The highest BCUT2D eigenvalue weighted by Gasteiger charge is 2.01. The molecular weight excluding hydrogens is 274 g/mol. The van der Waals surface area contributed by atoms with Gasteiger partial charge < -0.3 is 10.8 Å². The molecule has 0 aliphatic rings. The summed E-state index contributed by atoms with van der Waals surface area (Å²) >= 11 is 0. The fourth-order valence-corrected chi connectivity index (χ4v) is 1.68. The van der Waals surface area contributed by atoms with E-state index in [9.17, 15) is 4.79 Å².